The summed E-state index contributed by atoms with van der Waals surface area (Å²) in [6.07, 6.45) is 2.59. The summed E-state index contributed by atoms with van der Waals surface area (Å²) in [5.74, 6) is -0.437. The lowest BCUT2D eigenvalue weighted by atomic mass is 9.81. The highest BCUT2D eigenvalue weighted by atomic mass is 19.4. The molecule has 2 N–H and O–H groups in total. The van der Waals surface area contributed by atoms with Gasteiger partial charge in [0.05, 0.1) is 18.1 Å². The molecule has 5 nitrogen and oxygen atoms in total. The van der Waals surface area contributed by atoms with Crippen LogP contribution in [0.2, 0.25) is 0 Å². The Bertz CT molecular complexity index is 673. The molecule has 1 atom stereocenters. The molecule has 0 bridgehead atoms. The minimum absolute atomic E-state index is 0.231. The third-order valence-electron chi connectivity index (χ3n) is 5.20. The van der Waals surface area contributed by atoms with Crippen molar-refractivity contribution in [1.82, 2.24) is 5.32 Å². The number of carbonyl (C=O) groups excluding carboxylic acids is 2. The number of carbonyl (C=O) groups is 2. The van der Waals surface area contributed by atoms with Crippen molar-refractivity contribution in [3.8, 4) is 0 Å². The van der Waals surface area contributed by atoms with Gasteiger partial charge >= 0.3 is 18.2 Å². The molecule has 1 aromatic rings. The second kappa shape index (κ2) is 11.8. The number of halogens is 3. The number of esters is 1. The Hall–Kier alpha value is -2.25. The van der Waals surface area contributed by atoms with Crippen LogP contribution in [0.3, 0.4) is 0 Å². The van der Waals surface area contributed by atoms with Gasteiger partial charge in [-0.1, -0.05) is 45.4 Å². The number of hydrogen-bond donors (Lipinski definition) is 2. The van der Waals surface area contributed by atoms with Gasteiger partial charge in [-0.3, -0.25) is 4.79 Å². The molecule has 0 saturated carbocycles. The van der Waals surface area contributed by atoms with Crippen LogP contribution in [0.25, 0.3) is 0 Å². The summed E-state index contributed by atoms with van der Waals surface area (Å²) in [5.41, 5.74) is -1.51. The van der Waals surface area contributed by atoms with Gasteiger partial charge in [-0.15, -0.1) is 0 Å². The van der Waals surface area contributed by atoms with Gasteiger partial charge in [-0.05, 0) is 44.5 Å². The number of urea groups is 1. The molecule has 0 aliphatic heterocycles. The standard InChI is InChI=1S/C22H33F3N2O3/c1-5-6-7-8-9-10-11-18(21(2,3)19(28)30-4)27-20(29)26-17-14-12-16(13-15-17)22(23,24)25/h12-15,18H,5-11H2,1-4H3,(H2,26,27,29). The fourth-order valence-corrected chi connectivity index (χ4v) is 3.22. The van der Waals surface area contributed by atoms with Crippen molar-refractivity contribution in [2.45, 2.75) is 77.9 Å². The third kappa shape index (κ3) is 8.24. The van der Waals surface area contributed by atoms with Gasteiger partial charge in [0, 0.05) is 11.7 Å². The van der Waals surface area contributed by atoms with E-state index in [9.17, 15) is 22.8 Å². The first-order valence-electron chi connectivity index (χ1n) is 10.4. The number of alkyl halides is 3. The Labute approximate surface area is 176 Å². The molecule has 2 amide bonds. The molecule has 30 heavy (non-hydrogen) atoms. The van der Waals surface area contributed by atoms with Gasteiger partial charge in [0.25, 0.3) is 0 Å². The predicted octanol–water partition coefficient (Wildman–Crippen LogP) is 6.15. The average molecular weight is 431 g/mol. The summed E-state index contributed by atoms with van der Waals surface area (Å²) < 4.78 is 42.9. The van der Waals surface area contributed by atoms with Crippen molar-refractivity contribution in [2.24, 2.45) is 5.41 Å². The molecule has 0 radical (unpaired) electrons. The zero-order valence-corrected chi connectivity index (χ0v) is 18.2. The molecule has 0 heterocycles. The molecule has 8 heteroatoms. The number of ether oxygens (including phenoxy) is 1. The molecule has 1 aromatic carbocycles. The number of hydrogen-bond acceptors (Lipinski definition) is 3. The lowest BCUT2D eigenvalue weighted by Crippen LogP contribution is -2.50. The first-order valence-corrected chi connectivity index (χ1v) is 10.4. The molecule has 170 valence electrons. The van der Waals surface area contributed by atoms with E-state index in [1.165, 1.54) is 25.7 Å². The van der Waals surface area contributed by atoms with E-state index in [0.717, 1.165) is 44.2 Å². The average Bonchev–Trinajstić information content (AvgIpc) is 2.68. The summed E-state index contributed by atoms with van der Waals surface area (Å²) in [4.78, 5) is 24.7. The van der Waals surface area contributed by atoms with Crippen LogP contribution >= 0.6 is 0 Å². The van der Waals surface area contributed by atoms with Gasteiger partial charge in [0.15, 0.2) is 0 Å². The molecule has 0 aromatic heterocycles. The van der Waals surface area contributed by atoms with Crippen LogP contribution in [0.5, 0.6) is 0 Å². The van der Waals surface area contributed by atoms with Gasteiger partial charge in [0.2, 0.25) is 0 Å². The molecule has 0 aliphatic rings. The van der Waals surface area contributed by atoms with Crippen LogP contribution in [0.4, 0.5) is 23.7 Å². The summed E-state index contributed by atoms with van der Waals surface area (Å²) in [6, 6.07) is 3.13. The van der Waals surface area contributed by atoms with Gasteiger partial charge in [-0.2, -0.15) is 13.2 Å². The van der Waals surface area contributed by atoms with Crippen molar-refractivity contribution in [3.05, 3.63) is 29.8 Å². The van der Waals surface area contributed by atoms with Crippen LogP contribution < -0.4 is 10.6 Å². The maximum atomic E-state index is 12.7. The quantitative estimate of drug-likeness (QED) is 0.327. The normalized spacial score (nSPS) is 12.9. The second-order valence-electron chi connectivity index (χ2n) is 8.00. The Kier molecular flexibility index (Phi) is 10.2. The third-order valence-corrected chi connectivity index (χ3v) is 5.20. The highest BCUT2D eigenvalue weighted by molar-refractivity contribution is 5.90. The van der Waals surface area contributed by atoms with E-state index in [1.807, 2.05) is 0 Å². The van der Waals surface area contributed by atoms with Crippen LogP contribution in [-0.4, -0.2) is 25.2 Å². The lowest BCUT2D eigenvalue weighted by molar-refractivity contribution is -0.152. The Balaban J connectivity index is 2.74. The maximum Gasteiger partial charge on any atom is 0.416 e. The fraction of sp³-hybridized carbons (Fsp3) is 0.636. The highest BCUT2D eigenvalue weighted by Crippen LogP contribution is 2.30. The number of methoxy groups -OCH3 is 1. The predicted molar refractivity (Wildman–Crippen MR) is 111 cm³/mol. The Morgan fingerprint density at radius 1 is 1.00 bits per heavy atom. The minimum Gasteiger partial charge on any atom is -0.469 e. The first-order chi connectivity index (χ1) is 14.0. The summed E-state index contributed by atoms with van der Waals surface area (Å²) >= 11 is 0. The van der Waals surface area contributed by atoms with Crippen molar-refractivity contribution < 1.29 is 27.5 Å². The fourth-order valence-electron chi connectivity index (χ4n) is 3.22. The SMILES string of the molecule is CCCCCCCCC(NC(=O)Nc1ccc(C(F)(F)F)cc1)C(C)(C)C(=O)OC. The zero-order chi connectivity index (χ0) is 22.8. The summed E-state index contributed by atoms with van der Waals surface area (Å²) in [6.45, 7) is 5.56. The van der Waals surface area contributed by atoms with E-state index in [0.29, 0.717) is 6.42 Å². The van der Waals surface area contributed by atoms with Crippen LogP contribution in [0.1, 0.15) is 71.3 Å². The monoisotopic (exact) mass is 430 g/mol. The molecule has 0 saturated heterocycles. The van der Waals surface area contributed by atoms with Crippen molar-refractivity contribution in [3.63, 3.8) is 0 Å². The number of nitrogens with one attached hydrogen (secondary N) is 2. The topological polar surface area (TPSA) is 67.4 Å². The van der Waals surface area contributed by atoms with E-state index < -0.39 is 35.2 Å². The van der Waals surface area contributed by atoms with Crippen molar-refractivity contribution >= 4 is 17.7 Å². The minimum atomic E-state index is -4.44. The Morgan fingerprint density at radius 2 is 1.57 bits per heavy atom. The number of amides is 2. The molecule has 1 rings (SSSR count). The molecule has 1 unspecified atom stereocenters. The summed E-state index contributed by atoms with van der Waals surface area (Å²) in [5, 5.41) is 5.32. The number of benzene rings is 1. The largest absolute Gasteiger partial charge is 0.469 e. The van der Waals surface area contributed by atoms with Crippen LogP contribution in [-0.2, 0) is 15.7 Å². The number of anilines is 1. The number of unbranched alkanes of at least 4 members (excludes halogenated alkanes) is 5. The number of rotatable bonds is 11. The van der Waals surface area contributed by atoms with Gasteiger partial charge in [-0.25, -0.2) is 4.79 Å². The maximum absolute atomic E-state index is 12.7. The van der Waals surface area contributed by atoms with Gasteiger partial charge in [0.1, 0.15) is 0 Å². The van der Waals surface area contributed by atoms with E-state index >= 15 is 0 Å². The molecule has 0 spiro atoms. The van der Waals surface area contributed by atoms with Crippen LogP contribution in [0, 0.1) is 5.41 Å². The summed E-state index contributed by atoms with van der Waals surface area (Å²) in [7, 11) is 1.30. The van der Waals surface area contributed by atoms with Gasteiger partial charge < -0.3 is 15.4 Å². The van der Waals surface area contributed by atoms with E-state index in [-0.39, 0.29) is 5.69 Å². The molecule has 0 fully saturated rings. The lowest BCUT2D eigenvalue weighted by Gasteiger charge is -2.32. The molecular formula is C22H33F3N2O3. The Morgan fingerprint density at radius 3 is 2.10 bits per heavy atom. The van der Waals surface area contributed by atoms with E-state index in [4.69, 9.17) is 4.74 Å². The van der Waals surface area contributed by atoms with E-state index in [1.54, 1.807) is 13.8 Å². The zero-order valence-electron chi connectivity index (χ0n) is 18.2. The smallest absolute Gasteiger partial charge is 0.416 e. The van der Waals surface area contributed by atoms with Crippen LogP contribution in [0.15, 0.2) is 24.3 Å². The van der Waals surface area contributed by atoms with E-state index in [2.05, 4.69) is 17.6 Å². The van der Waals surface area contributed by atoms with Crippen molar-refractivity contribution in [2.75, 3.05) is 12.4 Å². The second-order valence-corrected chi connectivity index (χ2v) is 8.00. The highest BCUT2D eigenvalue weighted by Gasteiger charge is 2.38. The van der Waals surface area contributed by atoms with Crippen molar-refractivity contribution in [1.29, 1.82) is 0 Å². The first kappa shape index (κ1) is 25.8. The molecular weight excluding hydrogens is 397 g/mol. The molecule has 0 aliphatic carbocycles.